The molecule has 0 bridgehead atoms. The maximum Gasteiger partial charge on any atom is 0.410 e. The van der Waals surface area contributed by atoms with Gasteiger partial charge >= 0.3 is 6.09 Å². The molecule has 0 aromatic heterocycles. The van der Waals surface area contributed by atoms with Crippen molar-refractivity contribution < 1.29 is 9.53 Å². The molecule has 2 rings (SSSR count). The Balaban J connectivity index is 1.93. The normalized spacial score (nSPS) is 20.6. The molecule has 0 aliphatic carbocycles. The quantitative estimate of drug-likeness (QED) is 0.635. The SMILES string of the molecule is CC(C)(C)OC(=O)N1CC2=C(C1)NCNC2. The highest BCUT2D eigenvalue weighted by molar-refractivity contribution is 5.70. The van der Waals surface area contributed by atoms with Crippen LogP contribution in [0.25, 0.3) is 0 Å². The van der Waals surface area contributed by atoms with Gasteiger partial charge in [0.25, 0.3) is 0 Å². The van der Waals surface area contributed by atoms with Gasteiger partial charge in [-0.2, -0.15) is 0 Å². The standard InChI is InChI=1S/C11H19N3O2/c1-11(2,3)16-10(15)14-5-8-4-12-7-13-9(8)6-14/h12-13H,4-7H2,1-3H3. The number of amides is 1. The van der Waals surface area contributed by atoms with Crippen molar-refractivity contribution in [2.24, 2.45) is 0 Å². The Morgan fingerprint density at radius 2 is 2.12 bits per heavy atom. The fourth-order valence-corrected chi connectivity index (χ4v) is 1.87. The molecule has 0 saturated heterocycles. The van der Waals surface area contributed by atoms with Gasteiger partial charge in [-0.15, -0.1) is 0 Å². The van der Waals surface area contributed by atoms with E-state index in [1.165, 1.54) is 11.3 Å². The van der Waals surface area contributed by atoms with Crippen LogP contribution in [0.5, 0.6) is 0 Å². The molecule has 0 atom stereocenters. The van der Waals surface area contributed by atoms with Crippen LogP contribution in [0.1, 0.15) is 20.8 Å². The van der Waals surface area contributed by atoms with Crippen molar-refractivity contribution in [3.63, 3.8) is 0 Å². The molecular weight excluding hydrogens is 206 g/mol. The molecule has 16 heavy (non-hydrogen) atoms. The van der Waals surface area contributed by atoms with Crippen LogP contribution in [0.3, 0.4) is 0 Å². The van der Waals surface area contributed by atoms with Gasteiger partial charge in [-0.25, -0.2) is 4.79 Å². The van der Waals surface area contributed by atoms with E-state index in [0.717, 1.165) is 13.2 Å². The number of hydrogen-bond donors (Lipinski definition) is 2. The molecule has 90 valence electrons. The molecule has 0 aromatic carbocycles. The van der Waals surface area contributed by atoms with E-state index in [4.69, 9.17) is 4.74 Å². The third kappa shape index (κ3) is 2.47. The minimum Gasteiger partial charge on any atom is -0.444 e. The van der Waals surface area contributed by atoms with Crippen LogP contribution in [0, 0.1) is 0 Å². The molecule has 2 aliphatic heterocycles. The first-order valence-corrected chi connectivity index (χ1v) is 5.59. The lowest BCUT2D eigenvalue weighted by atomic mass is 10.2. The van der Waals surface area contributed by atoms with Crippen LogP contribution in [0.4, 0.5) is 4.79 Å². The summed E-state index contributed by atoms with van der Waals surface area (Å²) in [4.78, 5) is 13.6. The second-order valence-corrected chi connectivity index (χ2v) is 5.20. The highest BCUT2D eigenvalue weighted by atomic mass is 16.6. The van der Waals surface area contributed by atoms with Crippen LogP contribution in [0.15, 0.2) is 11.3 Å². The number of carbonyl (C=O) groups excluding carboxylic acids is 1. The van der Waals surface area contributed by atoms with Crippen LogP contribution in [0.2, 0.25) is 0 Å². The minimum atomic E-state index is -0.425. The van der Waals surface area contributed by atoms with Gasteiger partial charge in [0.1, 0.15) is 5.60 Å². The zero-order valence-corrected chi connectivity index (χ0v) is 10.1. The van der Waals surface area contributed by atoms with E-state index >= 15 is 0 Å². The van der Waals surface area contributed by atoms with E-state index in [9.17, 15) is 4.79 Å². The zero-order chi connectivity index (χ0) is 11.8. The summed E-state index contributed by atoms with van der Waals surface area (Å²) < 4.78 is 5.34. The Bertz CT molecular complexity index is 313. The number of nitrogens with zero attached hydrogens (tertiary/aromatic N) is 1. The summed E-state index contributed by atoms with van der Waals surface area (Å²) in [6.45, 7) is 8.61. The Hall–Kier alpha value is -1.23. The third-order valence-corrected chi connectivity index (χ3v) is 2.57. The molecule has 0 aromatic rings. The smallest absolute Gasteiger partial charge is 0.410 e. The van der Waals surface area contributed by atoms with E-state index in [1.54, 1.807) is 4.90 Å². The summed E-state index contributed by atoms with van der Waals surface area (Å²) in [5.41, 5.74) is 2.01. The van der Waals surface area contributed by atoms with Crippen molar-refractivity contribution >= 4 is 6.09 Å². The Morgan fingerprint density at radius 3 is 2.75 bits per heavy atom. The lowest BCUT2D eigenvalue weighted by Gasteiger charge is -2.24. The second-order valence-electron chi connectivity index (χ2n) is 5.20. The summed E-state index contributed by atoms with van der Waals surface area (Å²) >= 11 is 0. The van der Waals surface area contributed by atoms with Gasteiger partial charge in [0, 0.05) is 18.8 Å². The van der Waals surface area contributed by atoms with Crippen LogP contribution in [-0.4, -0.2) is 42.9 Å². The molecule has 0 fully saturated rings. The van der Waals surface area contributed by atoms with E-state index in [0.29, 0.717) is 13.1 Å². The molecule has 5 nitrogen and oxygen atoms in total. The average Bonchev–Trinajstić information content (AvgIpc) is 2.58. The summed E-state index contributed by atoms with van der Waals surface area (Å²) in [6.07, 6.45) is -0.233. The third-order valence-electron chi connectivity index (χ3n) is 2.57. The van der Waals surface area contributed by atoms with E-state index in [-0.39, 0.29) is 6.09 Å². The molecule has 0 radical (unpaired) electrons. The number of ether oxygens (including phenoxy) is 1. The highest BCUT2D eigenvalue weighted by Crippen LogP contribution is 2.19. The summed E-state index contributed by atoms with van der Waals surface area (Å²) in [5, 5.41) is 6.46. The van der Waals surface area contributed by atoms with Gasteiger partial charge in [-0.05, 0) is 26.3 Å². The molecule has 2 aliphatic rings. The van der Waals surface area contributed by atoms with Gasteiger partial charge in [0.15, 0.2) is 0 Å². The first-order valence-electron chi connectivity index (χ1n) is 5.59. The number of carbonyl (C=O) groups is 1. The summed E-state index contributed by atoms with van der Waals surface area (Å²) in [5.74, 6) is 0. The maximum absolute atomic E-state index is 11.8. The first kappa shape index (κ1) is 11.3. The lowest BCUT2D eigenvalue weighted by molar-refractivity contribution is 0.0298. The van der Waals surface area contributed by atoms with Crippen LogP contribution in [-0.2, 0) is 4.74 Å². The summed E-state index contributed by atoms with van der Waals surface area (Å²) in [7, 11) is 0. The molecule has 5 heteroatoms. The molecular formula is C11H19N3O2. The van der Waals surface area contributed by atoms with Gasteiger partial charge in [0.05, 0.1) is 13.2 Å². The molecule has 2 N–H and O–H groups in total. The number of nitrogens with one attached hydrogen (secondary N) is 2. The minimum absolute atomic E-state index is 0.233. The Kier molecular flexibility index (Phi) is 2.80. The van der Waals surface area contributed by atoms with Crippen molar-refractivity contribution in [2.75, 3.05) is 26.3 Å². The van der Waals surface area contributed by atoms with Crippen molar-refractivity contribution in [3.8, 4) is 0 Å². The predicted molar refractivity (Wildman–Crippen MR) is 60.8 cm³/mol. The Morgan fingerprint density at radius 1 is 1.38 bits per heavy atom. The maximum atomic E-state index is 11.8. The summed E-state index contributed by atoms with van der Waals surface area (Å²) in [6, 6.07) is 0. The average molecular weight is 225 g/mol. The van der Waals surface area contributed by atoms with E-state index in [2.05, 4.69) is 10.6 Å². The van der Waals surface area contributed by atoms with Crippen molar-refractivity contribution in [3.05, 3.63) is 11.3 Å². The van der Waals surface area contributed by atoms with Crippen molar-refractivity contribution in [2.45, 2.75) is 26.4 Å². The van der Waals surface area contributed by atoms with Crippen molar-refractivity contribution in [1.82, 2.24) is 15.5 Å². The second kappa shape index (κ2) is 3.97. The topological polar surface area (TPSA) is 53.6 Å². The molecule has 0 unspecified atom stereocenters. The van der Waals surface area contributed by atoms with Crippen molar-refractivity contribution in [1.29, 1.82) is 0 Å². The molecule has 0 spiro atoms. The van der Waals surface area contributed by atoms with E-state index < -0.39 is 5.60 Å². The highest BCUT2D eigenvalue weighted by Gasteiger charge is 2.30. The van der Waals surface area contributed by atoms with Gasteiger partial charge < -0.3 is 10.1 Å². The van der Waals surface area contributed by atoms with Gasteiger partial charge in [-0.1, -0.05) is 0 Å². The molecule has 2 heterocycles. The molecule has 1 amide bonds. The number of rotatable bonds is 0. The van der Waals surface area contributed by atoms with Gasteiger partial charge in [-0.3, -0.25) is 10.2 Å². The number of hydrogen-bond acceptors (Lipinski definition) is 4. The van der Waals surface area contributed by atoms with Crippen LogP contribution < -0.4 is 10.6 Å². The predicted octanol–water partition coefficient (Wildman–Crippen LogP) is 0.642. The largest absolute Gasteiger partial charge is 0.444 e. The van der Waals surface area contributed by atoms with Gasteiger partial charge in [0.2, 0.25) is 0 Å². The monoisotopic (exact) mass is 225 g/mol. The fourth-order valence-electron chi connectivity index (χ4n) is 1.87. The molecule has 0 saturated carbocycles. The fraction of sp³-hybridized carbons (Fsp3) is 0.727. The van der Waals surface area contributed by atoms with E-state index in [1.807, 2.05) is 20.8 Å². The Labute approximate surface area is 95.8 Å². The lowest BCUT2D eigenvalue weighted by Crippen LogP contribution is -2.37. The first-order chi connectivity index (χ1) is 7.46. The van der Waals surface area contributed by atoms with Crippen LogP contribution >= 0.6 is 0 Å². The zero-order valence-electron chi connectivity index (χ0n) is 10.1.